The van der Waals surface area contributed by atoms with Gasteiger partial charge in [0.1, 0.15) is 5.82 Å². The molecule has 2 N–H and O–H groups in total. The fourth-order valence-electron chi connectivity index (χ4n) is 3.69. The molecule has 2 aromatic rings. The minimum Gasteiger partial charge on any atom is -0.466 e. The van der Waals surface area contributed by atoms with Crippen LogP contribution in [-0.4, -0.2) is 36.5 Å². The first-order chi connectivity index (χ1) is 15.3. The molecular formula is C24H26FN3O4. The fraction of sp³-hybridized carbons (Fsp3) is 0.292. The number of rotatable bonds is 7. The molecule has 0 radical (unpaired) electrons. The first kappa shape index (κ1) is 23.0. The molecule has 0 fully saturated rings. The van der Waals surface area contributed by atoms with Crippen molar-refractivity contribution >= 4 is 23.6 Å². The summed E-state index contributed by atoms with van der Waals surface area (Å²) < 4.78 is 18.0. The van der Waals surface area contributed by atoms with Crippen molar-refractivity contribution in [3.05, 3.63) is 76.7 Å². The number of hydrogen-bond acceptors (Lipinski definition) is 4. The maximum atomic E-state index is 13.1. The molecule has 7 nitrogen and oxygen atoms in total. The smallest absolute Gasteiger partial charge is 0.337 e. The van der Waals surface area contributed by atoms with Gasteiger partial charge in [0, 0.05) is 17.9 Å². The number of amides is 3. The number of allylic oxidation sites excluding steroid dienone is 1. The SMILES string of the molecule is CCCN1C(=O)NC(c2cccc(NC(=O)Cc3ccc(F)cc3)c2)C(C(=O)OC)=C1C. The molecule has 3 amide bonds. The van der Waals surface area contributed by atoms with Crippen molar-refractivity contribution in [2.45, 2.75) is 32.7 Å². The average molecular weight is 439 g/mol. The molecule has 0 spiro atoms. The summed E-state index contributed by atoms with van der Waals surface area (Å²) in [6.07, 6.45) is 0.822. The predicted molar refractivity (Wildman–Crippen MR) is 118 cm³/mol. The number of halogens is 1. The highest BCUT2D eigenvalue weighted by Gasteiger charge is 2.36. The van der Waals surface area contributed by atoms with Crippen LogP contribution in [0.1, 0.15) is 37.4 Å². The molecule has 3 rings (SSSR count). The zero-order chi connectivity index (χ0) is 23.3. The molecule has 0 bridgehead atoms. The van der Waals surface area contributed by atoms with Crippen LogP contribution >= 0.6 is 0 Å². The Morgan fingerprint density at radius 1 is 1.19 bits per heavy atom. The predicted octanol–water partition coefficient (Wildman–Crippen LogP) is 3.93. The molecule has 168 valence electrons. The zero-order valence-electron chi connectivity index (χ0n) is 18.3. The van der Waals surface area contributed by atoms with E-state index in [1.165, 1.54) is 24.1 Å². The van der Waals surface area contributed by atoms with Gasteiger partial charge in [-0.2, -0.15) is 0 Å². The summed E-state index contributed by atoms with van der Waals surface area (Å²) in [6, 6.07) is 11.6. The fourth-order valence-corrected chi connectivity index (χ4v) is 3.69. The van der Waals surface area contributed by atoms with Gasteiger partial charge in [0.2, 0.25) is 5.91 Å². The number of carbonyl (C=O) groups is 3. The first-order valence-corrected chi connectivity index (χ1v) is 10.4. The first-order valence-electron chi connectivity index (χ1n) is 10.4. The van der Waals surface area contributed by atoms with E-state index in [-0.39, 0.29) is 24.2 Å². The minimum atomic E-state index is -0.711. The summed E-state index contributed by atoms with van der Waals surface area (Å²) in [5.74, 6) is -1.16. The van der Waals surface area contributed by atoms with Crippen LogP contribution in [0.5, 0.6) is 0 Å². The van der Waals surface area contributed by atoms with Crippen LogP contribution < -0.4 is 10.6 Å². The Morgan fingerprint density at radius 3 is 2.56 bits per heavy atom. The van der Waals surface area contributed by atoms with E-state index in [4.69, 9.17) is 4.74 Å². The molecule has 32 heavy (non-hydrogen) atoms. The Balaban J connectivity index is 1.85. The van der Waals surface area contributed by atoms with Gasteiger partial charge in [-0.05, 0) is 48.7 Å². The lowest BCUT2D eigenvalue weighted by Gasteiger charge is -2.35. The number of ether oxygens (including phenoxy) is 1. The van der Waals surface area contributed by atoms with Crippen molar-refractivity contribution in [1.29, 1.82) is 0 Å². The van der Waals surface area contributed by atoms with Gasteiger partial charge >= 0.3 is 12.0 Å². The summed E-state index contributed by atoms with van der Waals surface area (Å²) >= 11 is 0. The molecule has 0 saturated heterocycles. The minimum absolute atomic E-state index is 0.0864. The molecule has 1 unspecified atom stereocenters. The van der Waals surface area contributed by atoms with Gasteiger partial charge in [-0.15, -0.1) is 0 Å². The average Bonchev–Trinajstić information content (AvgIpc) is 2.77. The van der Waals surface area contributed by atoms with Crippen LogP contribution in [0, 0.1) is 5.82 Å². The molecule has 1 aliphatic rings. The normalized spacial score (nSPS) is 15.9. The quantitative estimate of drug-likeness (QED) is 0.640. The molecule has 1 heterocycles. The van der Waals surface area contributed by atoms with E-state index >= 15 is 0 Å². The van der Waals surface area contributed by atoms with Crippen molar-refractivity contribution in [3.63, 3.8) is 0 Å². The summed E-state index contributed by atoms with van der Waals surface area (Å²) in [6.45, 7) is 4.15. The van der Waals surface area contributed by atoms with E-state index < -0.39 is 12.0 Å². The van der Waals surface area contributed by atoms with E-state index in [1.54, 1.807) is 43.3 Å². The molecule has 0 saturated carbocycles. The maximum absolute atomic E-state index is 13.1. The third-order valence-electron chi connectivity index (χ3n) is 5.23. The van der Waals surface area contributed by atoms with Crippen molar-refractivity contribution < 1.29 is 23.5 Å². The number of nitrogens with one attached hydrogen (secondary N) is 2. The number of carbonyl (C=O) groups excluding carboxylic acids is 3. The zero-order valence-corrected chi connectivity index (χ0v) is 18.3. The van der Waals surface area contributed by atoms with E-state index in [2.05, 4.69) is 10.6 Å². The van der Waals surface area contributed by atoms with Crippen molar-refractivity contribution in [3.8, 4) is 0 Å². The van der Waals surface area contributed by atoms with Gasteiger partial charge in [-0.3, -0.25) is 9.69 Å². The third kappa shape index (κ3) is 5.14. The second-order valence-electron chi connectivity index (χ2n) is 7.50. The van der Waals surface area contributed by atoms with E-state index in [9.17, 15) is 18.8 Å². The van der Waals surface area contributed by atoms with Crippen LogP contribution in [0.4, 0.5) is 14.9 Å². The highest BCUT2D eigenvalue weighted by molar-refractivity contribution is 5.95. The Labute approximate surface area is 186 Å². The number of urea groups is 1. The van der Waals surface area contributed by atoms with Crippen molar-refractivity contribution in [1.82, 2.24) is 10.2 Å². The van der Waals surface area contributed by atoms with Gasteiger partial charge < -0.3 is 15.4 Å². The van der Waals surface area contributed by atoms with Crippen LogP contribution in [0.15, 0.2) is 59.8 Å². The Hall–Kier alpha value is -3.68. The highest BCUT2D eigenvalue weighted by atomic mass is 19.1. The lowest BCUT2D eigenvalue weighted by molar-refractivity contribution is -0.136. The Bertz CT molecular complexity index is 1050. The molecular weight excluding hydrogens is 413 g/mol. The number of hydrogen-bond donors (Lipinski definition) is 2. The summed E-state index contributed by atoms with van der Waals surface area (Å²) in [7, 11) is 1.30. The topological polar surface area (TPSA) is 87.7 Å². The molecule has 0 aliphatic carbocycles. The lowest BCUT2D eigenvalue weighted by atomic mass is 9.94. The largest absolute Gasteiger partial charge is 0.466 e. The standard InChI is InChI=1S/C24H26FN3O4/c1-4-12-28-15(2)21(23(30)32-3)22(27-24(28)31)17-6-5-7-19(14-17)26-20(29)13-16-8-10-18(25)11-9-16/h5-11,14,22H,4,12-13H2,1-3H3,(H,26,29)(H,27,31). The van der Waals surface area contributed by atoms with Gasteiger partial charge in [0.05, 0.1) is 25.1 Å². The number of esters is 1. The van der Waals surface area contributed by atoms with Crippen LogP contribution in [0.2, 0.25) is 0 Å². The lowest BCUT2D eigenvalue weighted by Crippen LogP contribution is -2.48. The second-order valence-corrected chi connectivity index (χ2v) is 7.50. The van der Waals surface area contributed by atoms with Crippen LogP contribution in [0.3, 0.4) is 0 Å². The second kappa shape index (κ2) is 10.1. The van der Waals surface area contributed by atoms with Gasteiger partial charge in [-0.25, -0.2) is 14.0 Å². The number of nitrogens with zero attached hydrogens (tertiary/aromatic N) is 1. The summed E-state index contributed by atoms with van der Waals surface area (Å²) in [4.78, 5) is 39.2. The molecule has 0 aromatic heterocycles. The van der Waals surface area contributed by atoms with Gasteiger partial charge in [0.25, 0.3) is 0 Å². The van der Waals surface area contributed by atoms with Gasteiger partial charge in [0.15, 0.2) is 0 Å². The number of methoxy groups -OCH3 is 1. The molecule has 8 heteroatoms. The Morgan fingerprint density at radius 2 is 1.91 bits per heavy atom. The maximum Gasteiger partial charge on any atom is 0.337 e. The highest BCUT2D eigenvalue weighted by Crippen LogP contribution is 2.32. The van der Waals surface area contributed by atoms with Crippen LogP contribution in [0.25, 0.3) is 0 Å². The summed E-state index contributed by atoms with van der Waals surface area (Å²) in [5.41, 5.74) is 2.71. The van der Waals surface area contributed by atoms with Crippen molar-refractivity contribution in [2.75, 3.05) is 19.0 Å². The summed E-state index contributed by atoms with van der Waals surface area (Å²) in [5, 5.41) is 5.68. The van der Waals surface area contributed by atoms with E-state index in [0.717, 1.165) is 6.42 Å². The Kier molecular flexibility index (Phi) is 7.25. The molecule has 1 aliphatic heterocycles. The number of anilines is 1. The number of benzene rings is 2. The molecule has 2 aromatic carbocycles. The third-order valence-corrected chi connectivity index (χ3v) is 5.23. The van der Waals surface area contributed by atoms with Crippen LogP contribution in [-0.2, 0) is 20.7 Å². The van der Waals surface area contributed by atoms with E-state index in [1.807, 2.05) is 6.92 Å². The molecule has 1 atom stereocenters. The van der Waals surface area contributed by atoms with Crippen molar-refractivity contribution in [2.24, 2.45) is 0 Å². The van der Waals surface area contributed by atoms with Gasteiger partial charge in [-0.1, -0.05) is 31.2 Å². The monoisotopic (exact) mass is 439 g/mol. The van der Waals surface area contributed by atoms with E-state index in [0.29, 0.717) is 34.6 Å².